The van der Waals surface area contributed by atoms with Crippen LogP contribution in [-0.2, 0) is 27.2 Å². The maximum absolute atomic E-state index is 13.3. The first-order valence-corrected chi connectivity index (χ1v) is 13.3. The number of carbonyl (C=O) groups excluding carboxylic acids is 2. The maximum Gasteiger partial charge on any atom is 0.305 e. The highest BCUT2D eigenvalue weighted by molar-refractivity contribution is 5.83. The van der Waals surface area contributed by atoms with Gasteiger partial charge in [-0.1, -0.05) is 60.7 Å². The van der Waals surface area contributed by atoms with Crippen LogP contribution in [0.15, 0.2) is 60.7 Å². The Bertz CT molecular complexity index is 1050. The lowest BCUT2D eigenvalue weighted by Gasteiger charge is -2.33. The van der Waals surface area contributed by atoms with Gasteiger partial charge in [-0.25, -0.2) is 0 Å². The summed E-state index contributed by atoms with van der Waals surface area (Å²) in [6.07, 6.45) is 4.29. The summed E-state index contributed by atoms with van der Waals surface area (Å²) >= 11 is 0. The van der Waals surface area contributed by atoms with Crippen molar-refractivity contribution < 1.29 is 19.5 Å². The van der Waals surface area contributed by atoms with E-state index >= 15 is 0 Å². The highest BCUT2D eigenvalue weighted by atomic mass is 16.4. The maximum atomic E-state index is 13.3. The number of carboxylic acids is 1. The summed E-state index contributed by atoms with van der Waals surface area (Å²) in [5.41, 5.74) is 8.35. The molecule has 2 saturated heterocycles. The fourth-order valence-electron chi connectivity index (χ4n) is 5.68. The molecule has 0 aliphatic carbocycles. The van der Waals surface area contributed by atoms with Crippen LogP contribution < -0.4 is 11.1 Å². The summed E-state index contributed by atoms with van der Waals surface area (Å²) in [5, 5.41) is 12.4. The predicted octanol–water partition coefficient (Wildman–Crippen LogP) is 2.21. The van der Waals surface area contributed by atoms with E-state index in [0.717, 1.165) is 43.4 Å². The molecule has 0 radical (unpaired) electrons. The molecule has 2 aromatic rings. The van der Waals surface area contributed by atoms with Gasteiger partial charge >= 0.3 is 5.97 Å². The van der Waals surface area contributed by atoms with Gasteiger partial charge in [-0.3, -0.25) is 19.3 Å². The second-order valence-corrected chi connectivity index (χ2v) is 10.3. The van der Waals surface area contributed by atoms with Crippen molar-refractivity contribution in [1.29, 1.82) is 0 Å². The average Bonchev–Trinajstić information content (AvgIpc) is 3.54. The Balaban J connectivity index is 1.36. The number of benzene rings is 2. The van der Waals surface area contributed by atoms with Gasteiger partial charge in [-0.15, -0.1) is 0 Å². The molecular formula is C29H38N4O4. The molecule has 2 heterocycles. The van der Waals surface area contributed by atoms with Crippen LogP contribution in [0.1, 0.15) is 43.2 Å². The number of nitrogens with two attached hydrogens (primary N) is 1. The molecule has 8 nitrogen and oxygen atoms in total. The fourth-order valence-corrected chi connectivity index (χ4v) is 5.68. The summed E-state index contributed by atoms with van der Waals surface area (Å²) in [5.74, 6) is -1.09. The molecule has 2 aromatic carbocycles. The SMILES string of the molecule is N[C@H](Cc1ccccc1)C(=O)N1CCC[C@H]1CN1CCC[C@H]1C(=O)N[C@H](CC(=O)O)Cc1ccccc1. The van der Waals surface area contributed by atoms with Crippen LogP contribution in [-0.4, -0.2) is 76.5 Å². The van der Waals surface area contributed by atoms with Gasteiger partial charge in [-0.05, 0) is 56.2 Å². The minimum atomic E-state index is -0.934. The first-order valence-electron chi connectivity index (χ1n) is 13.3. The van der Waals surface area contributed by atoms with Crippen molar-refractivity contribution in [3.63, 3.8) is 0 Å². The molecule has 2 aliphatic heterocycles. The van der Waals surface area contributed by atoms with E-state index in [9.17, 15) is 19.5 Å². The van der Waals surface area contributed by atoms with Gasteiger partial charge in [0.25, 0.3) is 0 Å². The number of nitrogens with one attached hydrogen (secondary N) is 1. The Hall–Kier alpha value is -3.23. The number of nitrogens with zero attached hydrogens (tertiary/aromatic N) is 2. The second kappa shape index (κ2) is 12.8. The number of carboxylic acid groups (broad SMARTS) is 1. The Morgan fingerprint density at radius 3 is 2.19 bits per heavy atom. The second-order valence-electron chi connectivity index (χ2n) is 10.3. The van der Waals surface area contributed by atoms with Crippen LogP contribution in [0.3, 0.4) is 0 Å². The molecule has 4 atom stereocenters. The summed E-state index contributed by atoms with van der Waals surface area (Å²) in [4.78, 5) is 42.0. The molecule has 0 bridgehead atoms. The largest absolute Gasteiger partial charge is 0.481 e. The number of hydrogen-bond acceptors (Lipinski definition) is 5. The molecule has 0 unspecified atom stereocenters. The number of likely N-dealkylation sites (tertiary alicyclic amines) is 2. The van der Waals surface area contributed by atoms with Crippen LogP contribution in [0.4, 0.5) is 0 Å². The number of amides is 2. The molecule has 198 valence electrons. The van der Waals surface area contributed by atoms with Crippen molar-refractivity contribution >= 4 is 17.8 Å². The van der Waals surface area contributed by atoms with E-state index in [2.05, 4.69) is 10.2 Å². The van der Waals surface area contributed by atoms with Gasteiger partial charge in [0.1, 0.15) is 0 Å². The summed E-state index contributed by atoms with van der Waals surface area (Å²) < 4.78 is 0. The monoisotopic (exact) mass is 506 g/mol. The topological polar surface area (TPSA) is 116 Å². The Labute approximate surface area is 218 Å². The van der Waals surface area contributed by atoms with E-state index in [0.29, 0.717) is 25.9 Å². The summed E-state index contributed by atoms with van der Waals surface area (Å²) in [6, 6.07) is 18.1. The number of rotatable bonds is 11. The van der Waals surface area contributed by atoms with Gasteiger partial charge in [0, 0.05) is 25.2 Å². The first-order chi connectivity index (χ1) is 17.9. The van der Waals surface area contributed by atoms with E-state index in [-0.39, 0.29) is 30.3 Å². The fraction of sp³-hybridized carbons (Fsp3) is 0.483. The lowest BCUT2D eigenvalue weighted by Crippen LogP contribution is -2.53. The van der Waals surface area contributed by atoms with Gasteiger partial charge in [0.2, 0.25) is 11.8 Å². The first kappa shape index (κ1) is 26.8. The third kappa shape index (κ3) is 7.40. The number of carbonyl (C=O) groups is 3. The van der Waals surface area contributed by atoms with Crippen molar-refractivity contribution in [2.24, 2.45) is 5.73 Å². The molecule has 0 saturated carbocycles. The minimum absolute atomic E-state index is 0.0295. The lowest BCUT2D eigenvalue weighted by molar-refractivity contribution is -0.138. The standard InChI is InChI=1S/C29H38N4O4/c30-25(18-22-11-5-2-6-12-22)29(37)33-16-7-13-24(33)20-32-15-8-14-26(32)28(36)31-23(19-27(34)35)17-21-9-3-1-4-10-21/h1-6,9-12,23-26H,7-8,13-20,30H2,(H,31,36)(H,34,35)/t23-,24-,25+,26-/m0/s1. The summed E-state index contributed by atoms with van der Waals surface area (Å²) in [6.45, 7) is 2.10. The van der Waals surface area contributed by atoms with E-state index < -0.39 is 18.1 Å². The van der Waals surface area contributed by atoms with Gasteiger partial charge in [0.05, 0.1) is 18.5 Å². The van der Waals surface area contributed by atoms with Gasteiger partial charge in [-0.2, -0.15) is 0 Å². The smallest absolute Gasteiger partial charge is 0.305 e. The Morgan fingerprint density at radius 2 is 1.54 bits per heavy atom. The van der Waals surface area contributed by atoms with Crippen LogP contribution in [0, 0.1) is 0 Å². The zero-order chi connectivity index (χ0) is 26.2. The Kier molecular flexibility index (Phi) is 9.30. The Morgan fingerprint density at radius 1 is 0.919 bits per heavy atom. The van der Waals surface area contributed by atoms with Gasteiger partial charge < -0.3 is 21.1 Å². The zero-order valence-corrected chi connectivity index (χ0v) is 21.3. The number of aliphatic carboxylic acids is 1. The number of hydrogen-bond donors (Lipinski definition) is 3. The van der Waals surface area contributed by atoms with E-state index in [1.807, 2.05) is 65.6 Å². The molecule has 37 heavy (non-hydrogen) atoms. The molecular weight excluding hydrogens is 468 g/mol. The average molecular weight is 507 g/mol. The van der Waals surface area contributed by atoms with Crippen LogP contribution in [0.25, 0.3) is 0 Å². The lowest BCUT2D eigenvalue weighted by atomic mass is 10.0. The normalized spacial score (nSPS) is 21.5. The zero-order valence-electron chi connectivity index (χ0n) is 21.3. The minimum Gasteiger partial charge on any atom is -0.481 e. The molecule has 4 rings (SSSR count). The molecule has 2 aliphatic rings. The van der Waals surface area contributed by atoms with Gasteiger partial charge in [0.15, 0.2) is 0 Å². The predicted molar refractivity (Wildman–Crippen MR) is 142 cm³/mol. The third-order valence-corrected chi connectivity index (χ3v) is 7.48. The van der Waals surface area contributed by atoms with E-state index in [4.69, 9.17) is 5.73 Å². The third-order valence-electron chi connectivity index (χ3n) is 7.48. The highest BCUT2D eigenvalue weighted by Gasteiger charge is 2.38. The van der Waals surface area contributed by atoms with Crippen LogP contribution in [0.5, 0.6) is 0 Å². The van der Waals surface area contributed by atoms with Crippen molar-refractivity contribution in [2.45, 2.75) is 69.1 Å². The summed E-state index contributed by atoms with van der Waals surface area (Å²) in [7, 11) is 0. The molecule has 4 N–H and O–H groups in total. The van der Waals surface area contributed by atoms with E-state index in [1.165, 1.54) is 0 Å². The van der Waals surface area contributed by atoms with E-state index in [1.54, 1.807) is 0 Å². The van der Waals surface area contributed by atoms with Crippen molar-refractivity contribution in [2.75, 3.05) is 19.6 Å². The van der Waals surface area contributed by atoms with Crippen LogP contribution >= 0.6 is 0 Å². The molecule has 2 amide bonds. The van der Waals surface area contributed by atoms with Crippen LogP contribution in [0.2, 0.25) is 0 Å². The van der Waals surface area contributed by atoms with Crippen molar-refractivity contribution in [1.82, 2.24) is 15.1 Å². The highest BCUT2D eigenvalue weighted by Crippen LogP contribution is 2.25. The van der Waals surface area contributed by atoms with Crippen molar-refractivity contribution in [3.05, 3.63) is 71.8 Å². The quantitative estimate of drug-likeness (QED) is 0.430. The molecule has 0 spiro atoms. The van der Waals surface area contributed by atoms with Crippen molar-refractivity contribution in [3.8, 4) is 0 Å². The molecule has 0 aromatic heterocycles. The molecule has 8 heteroatoms. The molecule has 2 fully saturated rings.